The van der Waals surface area contributed by atoms with Crippen LogP contribution < -0.4 is 29.7 Å². The Morgan fingerprint density at radius 2 is 1.93 bits per heavy atom. The number of fused-ring (bicyclic) bond motifs is 2. The van der Waals surface area contributed by atoms with Gasteiger partial charge in [-0.1, -0.05) is 17.7 Å². The first-order chi connectivity index (χ1) is 13.2. The molecule has 27 heavy (non-hydrogen) atoms. The number of benzene rings is 2. The number of nitrogens with one attached hydrogen (secondary N) is 2. The van der Waals surface area contributed by atoms with Gasteiger partial charge in [0, 0.05) is 6.54 Å². The number of nitrogens with zero attached hydrogens (tertiary/aromatic N) is 1. The SMILES string of the molecule is S=C(NCc1ccc2c(c1)OCO2)N/N=C\c1cc(Cl)c2c(c1)OCCO2. The van der Waals surface area contributed by atoms with Gasteiger partial charge >= 0.3 is 0 Å². The summed E-state index contributed by atoms with van der Waals surface area (Å²) in [4.78, 5) is 0. The minimum atomic E-state index is 0.255. The predicted octanol–water partition coefficient (Wildman–Crippen LogP) is 2.84. The molecule has 2 heterocycles. The van der Waals surface area contributed by atoms with E-state index in [2.05, 4.69) is 15.8 Å². The highest BCUT2D eigenvalue weighted by atomic mass is 35.5. The van der Waals surface area contributed by atoms with E-state index in [1.165, 1.54) is 0 Å². The van der Waals surface area contributed by atoms with E-state index in [0.29, 0.717) is 41.4 Å². The standard InChI is InChI=1S/C18H16ClN3O4S/c19-13-5-12(7-16-17(13)24-4-3-23-16)9-21-22-18(27)20-8-11-1-2-14-15(6-11)26-10-25-14/h1-2,5-7,9H,3-4,8,10H2,(H2,20,22,27)/b21-9-. The summed E-state index contributed by atoms with van der Waals surface area (Å²) in [6.07, 6.45) is 1.61. The molecular formula is C18H16ClN3O4S. The molecule has 4 rings (SSSR count). The van der Waals surface area contributed by atoms with Gasteiger partial charge in [0.2, 0.25) is 6.79 Å². The van der Waals surface area contributed by atoms with Crippen molar-refractivity contribution in [2.24, 2.45) is 5.10 Å². The van der Waals surface area contributed by atoms with Gasteiger partial charge in [-0.2, -0.15) is 5.10 Å². The highest BCUT2D eigenvalue weighted by molar-refractivity contribution is 7.80. The van der Waals surface area contributed by atoms with E-state index >= 15 is 0 Å². The van der Waals surface area contributed by atoms with Crippen LogP contribution >= 0.6 is 23.8 Å². The van der Waals surface area contributed by atoms with Crippen LogP contribution in [0, 0.1) is 0 Å². The van der Waals surface area contributed by atoms with E-state index in [1.54, 1.807) is 12.3 Å². The van der Waals surface area contributed by atoms with Crippen molar-refractivity contribution in [1.29, 1.82) is 0 Å². The molecule has 0 aromatic heterocycles. The molecule has 0 bridgehead atoms. The molecule has 2 N–H and O–H groups in total. The molecular weight excluding hydrogens is 390 g/mol. The lowest BCUT2D eigenvalue weighted by Gasteiger charge is -2.19. The predicted molar refractivity (Wildman–Crippen MR) is 105 cm³/mol. The third-order valence-corrected chi connectivity index (χ3v) is 4.41. The third kappa shape index (κ3) is 4.17. The lowest BCUT2D eigenvalue weighted by Crippen LogP contribution is -2.31. The first-order valence-electron chi connectivity index (χ1n) is 8.23. The molecule has 0 aliphatic carbocycles. The Balaban J connectivity index is 1.31. The van der Waals surface area contributed by atoms with Crippen molar-refractivity contribution < 1.29 is 18.9 Å². The maximum absolute atomic E-state index is 6.20. The number of hydrazone groups is 1. The van der Waals surface area contributed by atoms with Gasteiger partial charge < -0.3 is 24.3 Å². The normalized spacial score (nSPS) is 14.3. The molecule has 2 aliphatic rings. The first kappa shape index (κ1) is 17.7. The van der Waals surface area contributed by atoms with Crippen molar-refractivity contribution in [3.8, 4) is 23.0 Å². The number of hydrogen-bond acceptors (Lipinski definition) is 6. The molecule has 0 unspecified atom stereocenters. The number of ether oxygens (including phenoxy) is 4. The molecule has 7 nitrogen and oxygen atoms in total. The smallest absolute Gasteiger partial charge is 0.231 e. The second-order valence-corrected chi connectivity index (χ2v) is 6.58. The fourth-order valence-corrected chi connectivity index (χ4v) is 3.04. The maximum Gasteiger partial charge on any atom is 0.231 e. The highest BCUT2D eigenvalue weighted by Gasteiger charge is 2.16. The van der Waals surface area contributed by atoms with Gasteiger partial charge in [0.05, 0.1) is 11.2 Å². The van der Waals surface area contributed by atoms with Gasteiger partial charge in [0.1, 0.15) is 13.2 Å². The zero-order chi connectivity index (χ0) is 18.6. The van der Waals surface area contributed by atoms with Crippen molar-refractivity contribution in [3.05, 3.63) is 46.5 Å². The van der Waals surface area contributed by atoms with Gasteiger partial charge in [-0.15, -0.1) is 0 Å². The van der Waals surface area contributed by atoms with E-state index in [4.69, 9.17) is 42.8 Å². The van der Waals surface area contributed by atoms with Crippen molar-refractivity contribution in [2.75, 3.05) is 20.0 Å². The van der Waals surface area contributed by atoms with Crippen LogP contribution in [-0.4, -0.2) is 31.3 Å². The number of hydrogen-bond donors (Lipinski definition) is 2. The fraction of sp³-hybridized carbons (Fsp3) is 0.222. The maximum atomic E-state index is 6.20. The van der Waals surface area contributed by atoms with Gasteiger partial charge in [-0.3, -0.25) is 5.43 Å². The lowest BCUT2D eigenvalue weighted by atomic mass is 10.2. The second kappa shape index (κ2) is 7.89. The Hall–Kier alpha value is -2.71. The van der Waals surface area contributed by atoms with Crippen LogP contribution in [0.4, 0.5) is 0 Å². The van der Waals surface area contributed by atoms with Crippen LogP contribution in [0.1, 0.15) is 11.1 Å². The van der Waals surface area contributed by atoms with E-state index in [1.807, 2.05) is 24.3 Å². The molecule has 0 amide bonds. The van der Waals surface area contributed by atoms with Crippen molar-refractivity contribution in [1.82, 2.24) is 10.7 Å². The van der Waals surface area contributed by atoms with E-state index in [9.17, 15) is 0 Å². The highest BCUT2D eigenvalue weighted by Crippen LogP contribution is 2.38. The molecule has 2 aromatic carbocycles. The summed E-state index contributed by atoms with van der Waals surface area (Å²) in [5.74, 6) is 2.66. The van der Waals surface area contributed by atoms with Crippen molar-refractivity contribution in [3.63, 3.8) is 0 Å². The number of thiocarbonyl (C=S) groups is 1. The molecule has 0 atom stereocenters. The second-order valence-electron chi connectivity index (χ2n) is 5.77. The molecule has 0 fully saturated rings. The van der Waals surface area contributed by atoms with Crippen LogP contribution in [0.15, 0.2) is 35.4 Å². The van der Waals surface area contributed by atoms with E-state index in [-0.39, 0.29) is 6.79 Å². The fourth-order valence-electron chi connectivity index (χ4n) is 2.64. The topological polar surface area (TPSA) is 73.3 Å². The van der Waals surface area contributed by atoms with Crippen LogP contribution in [0.2, 0.25) is 5.02 Å². The summed E-state index contributed by atoms with van der Waals surface area (Å²) in [5.41, 5.74) is 4.56. The molecule has 0 radical (unpaired) electrons. The van der Waals surface area contributed by atoms with Crippen LogP contribution in [-0.2, 0) is 6.54 Å². The number of halogens is 1. The molecule has 9 heteroatoms. The Bertz CT molecular complexity index is 906. The Kier molecular flexibility index (Phi) is 5.17. The third-order valence-electron chi connectivity index (χ3n) is 3.89. The van der Waals surface area contributed by atoms with E-state index in [0.717, 1.165) is 22.6 Å². The molecule has 0 saturated heterocycles. The van der Waals surface area contributed by atoms with Crippen LogP contribution in [0.3, 0.4) is 0 Å². The Morgan fingerprint density at radius 1 is 1.07 bits per heavy atom. The summed E-state index contributed by atoms with van der Waals surface area (Å²) >= 11 is 11.4. The van der Waals surface area contributed by atoms with Gasteiger partial charge in [0.15, 0.2) is 28.1 Å². The first-order valence-corrected chi connectivity index (χ1v) is 9.02. The van der Waals surface area contributed by atoms with Crippen LogP contribution in [0.25, 0.3) is 0 Å². The largest absolute Gasteiger partial charge is 0.486 e. The molecule has 0 saturated carbocycles. The molecule has 140 valence electrons. The average Bonchev–Trinajstić information content (AvgIpc) is 3.14. The summed E-state index contributed by atoms with van der Waals surface area (Å²) in [6, 6.07) is 9.31. The minimum absolute atomic E-state index is 0.255. The molecule has 0 spiro atoms. The average molecular weight is 406 g/mol. The Labute approximate surface area is 166 Å². The molecule has 2 aliphatic heterocycles. The lowest BCUT2D eigenvalue weighted by molar-refractivity contribution is 0.171. The van der Waals surface area contributed by atoms with Gasteiger partial charge in [0.25, 0.3) is 0 Å². The van der Waals surface area contributed by atoms with Crippen LogP contribution in [0.5, 0.6) is 23.0 Å². The number of rotatable bonds is 4. The summed E-state index contributed by atoms with van der Waals surface area (Å²) in [7, 11) is 0. The Morgan fingerprint density at radius 3 is 2.85 bits per heavy atom. The van der Waals surface area contributed by atoms with Crippen molar-refractivity contribution >= 4 is 35.1 Å². The van der Waals surface area contributed by atoms with Crippen molar-refractivity contribution in [2.45, 2.75) is 6.54 Å². The quantitative estimate of drug-likeness (QED) is 0.460. The molecule has 2 aromatic rings. The summed E-state index contributed by atoms with van der Waals surface area (Å²) in [6.45, 7) is 1.78. The zero-order valence-corrected chi connectivity index (χ0v) is 15.7. The van der Waals surface area contributed by atoms with Gasteiger partial charge in [-0.05, 0) is 47.6 Å². The van der Waals surface area contributed by atoms with Gasteiger partial charge in [-0.25, -0.2) is 0 Å². The minimum Gasteiger partial charge on any atom is -0.486 e. The van der Waals surface area contributed by atoms with E-state index < -0.39 is 0 Å². The zero-order valence-electron chi connectivity index (χ0n) is 14.2. The summed E-state index contributed by atoms with van der Waals surface area (Å²) in [5, 5.41) is 8.08. The monoisotopic (exact) mass is 405 g/mol. The summed E-state index contributed by atoms with van der Waals surface area (Å²) < 4.78 is 21.7.